The zero-order valence-electron chi connectivity index (χ0n) is 10.7. The molecule has 0 unspecified atom stereocenters. The van der Waals surface area contributed by atoms with Gasteiger partial charge in [-0.15, -0.1) is 0 Å². The molecule has 10 heteroatoms. The van der Waals surface area contributed by atoms with Gasteiger partial charge in [0.25, 0.3) is 0 Å². The number of hydrogen-bond acceptors (Lipinski definition) is 8. The predicted octanol–water partition coefficient (Wildman–Crippen LogP) is -1.54. The van der Waals surface area contributed by atoms with Gasteiger partial charge in [-0.05, 0) is 0 Å². The maximum Gasteiger partial charge on any atom is 0.165 e. The first-order valence-corrected chi connectivity index (χ1v) is 6.66. The summed E-state index contributed by atoms with van der Waals surface area (Å²) in [6, 6.07) is 0. The van der Waals surface area contributed by atoms with Crippen molar-refractivity contribution in [2.45, 2.75) is 30.6 Å². The van der Waals surface area contributed by atoms with E-state index in [-0.39, 0.29) is 0 Å². The lowest BCUT2D eigenvalue weighted by Gasteiger charge is -2.18. The molecule has 2 aromatic rings. The number of ether oxygens (including phenoxy) is 1. The smallest absolute Gasteiger partial charge is 0.165 e. The maximum atomic E-state index is 10.1. The van der Waals surface area contributed by atoms with Crippen molar-refractivity contribution in [2.75, 3.05) is 6.61 Å². The average Bonchev–Trinajstić information content (AvgIpc) is 3.02. The van der Waals surface area contributed by atoms with Gasteiger partial charge in [-0.3, -0.25) is 4.57 Å². The van der Waals surface area contributed by atoms with Crippen LogP contribution in [0.2, 0.25) is 0 Å². The first-order chi connectivity index (χ1) is 10.0. The van der Waals surface area contributed by atoms with E-state index in [0.717, 1.165) is 0 Å². The number of aliphatic hydroxyl groups excluding tert-OH is 4. The summed E-state index contributed by atoms with van der Waals surface area (Å²) in [5.41, 5.74) is 0.911. The molecule has 3 rings (SSSR count). The Morgan fingerprint density at radius 1 is 1.38 bits per heavy atom. The largest absolute Gasteiger partial charge is 0.394 e. The topological polar surface area (TPSA) is 137 Å². The molecule has 0 saturated carbocycles. The standard InChI is InChI=1S/C11H14N4O5S/c16-1-4(17)8-6(18)7(19)11(20-8)15-3-14-5-9(15)12-2-13-10(5)21/h2-4,6-8,11,16-19H,1H2,(H,12,13,21)/t4-,6-,7-,8-,11-/m1/s1. The number of aromatic nitrogens is 4. The zero-order valence-corrected chi connectivity index (χ0v) is 11.5. The van der Waals surface area contributed by atoms with Crippen molar-refractivity contribution in [3.8, 4) is 0 Å². The van der Waals surface area contributed by atoms with Gasteiger partial charge >= 0.3 is 0 Å². The van der Waals surface area contributed by atoms with Crippen LogP contribution in [0.5, 0.6) is 0 Å². The number of aromatic amines is 1. The highest BCUT2D eigenvalue weighted by Gasteiger charge is 2.47. The molecule has 9 nitrogen and oxygen atoms in total. The minimum Gasteiger partial charge on any atom is -0.394 e. The normalized spacial score (nSPS) is 30.9. The third-order valence-corrected chi connectivity index (χ3v) is 3.79. The molecular weight excluding hydrogens is 300 g/mol. The number of nitrogens with zero attached hydrogens (tertiary/aromatic N) is 3. The zero-order chi connectivity index (χ0) is 15.1. The van der Waals surface area contributed by atoms with E-state index < -0.39 is 37.3 Å². The van der Waals surface area contributed by atoms with Crippen molar-refractivity contribution in [1.82, 2.24) is 19.5 Å². The molecule has 0 spiro atoms. The Morgan fingerprint density at radius 3 is 2.86 bits per heavy atom. The molecule has 114 valence electrons. The molecule has 2 aromatic heterocycles. The van der Waals surface area contributed by atoms with Crippen LogP contribution in [0, 0.1) is 4.64 Å². The van der Waals surface area contributed by atoms with Crippen LogP contribution in [0.25, 0.3) is 11.2 Å². The lowest BCUT2D eigenvalue weighted by atomic mass is 10.1. The van der Waals surface area contributed by atoms with Gasteiger partial charge in [0.15, 0.2) is 10.9 Å². The summed E-state index contributed by atoms with van der Waals surface area (Å²) >= 11 is 5.05. The van der Waals surface area contributed by atoms with Gasteiger partial charge in [0, 0.05) is 0 Å². The second-order valence-corrected chi connectivity index (χ2v) is 5.17. The molecule has 5 N–H and O–H groups in total. The third kappa shape index (κ3) is 2.25. The van der Waals surface area contributed by atoms with E-state index in [1.807, 2.05) is 0 Å². The van der Waals surface area contributed by atoms with Crippen molar-refractivity contribution >= 4 is 23.4 Å². The Balaban J connectivity index is 2.00. The monoisotopic (exact) mass is 314 g/mol. The van der Waals surface area contributed by atoms with Crippen LogP contribution < -0.4 is 0 Å². The quantitative estimate of drug-likeness (QED) is 0.430. The summed E-state index contributed by atoms with van der Waals surface area (Å²) in [5, 5.41) is 38.6. The van der Waals surface area contributed by atoms with E-state index in [9.17, 15) is 15.3 Å². The van der Waals surface area contributed by atoms with Crippen LogP contribution in [-0.2, 0) is 4.74 Å². The van der Waals surface area contributed by atoms with E-state index in [2.05, 4.69) is 15.0 Å². The average molecular weight is 314 g/mol. The second-order valence-electron chi connectivity index (χ2n) is 4.78. The number of hydrogen-bond donors (Lipinski definition) is 5. The fourth-order valence-corrected chi connectivity index (χ4v) is 2.61. The van der Waals surface area contributed by atoms with Crippen LogP contribution in [0.3, 0.4) is 0 Å². The van der Waals surface area contributed by atoms with Crippen LogP contribution in [-0.4, -0.2) is 71.0 Å². The summed E-state index contributed by atoms with van der Waals surface area (Å²) in [6.07, 6.45) is -3.20. The summed E-state index contributed by atoms with van der Waals surface area (Å²) in [4.78, 5) is 10.8. The van der Waals surface area contributed by atoms with E-state index in [0.29, 0.717) is 15.8 Å². The fourth-order valence-electron chi connectivity index (χ4n) is 2.40. The third-order valence-electron chi connectivity index (χ3n) is 3.50. The van der Waals surface area contributed by atoms with E-state index in [1.54, 1.807) is 0 Å². The highest BCUT2D eigenvalue weighted by molar-refractivity contribution is 7.71. The van der Waals surface area contributed by atoms with Crippen molar-refractivity contribution < 1.29 is 25.2 Å². The lowest BCUT2D eigenvalue weighted by Crippen LogP contribution is -2.40. The van der Waals surface area contributed by atoms with Crippen molar-refractivity contribution in [3.63, 3.8) is 0 Å². The number of imidazole rings is 1. The van der Waals surface area contributed by atoms with Crippen LogP contribution in [0.15, 0.2) is 12.7 Å². The molecule has 1 aliphatic rings. The van der Waals surface area contributed by atoms with Gasteiger partial charge < -0.3 is 30.1 Å². The minimum atomic E-state index is -1.33. The van der Waals surface area contributed by atoms with E-state index in [1.165, 1.54) is 17.2 Å². The fraction of sp³-hybridized carbons (Fsp3) is 0.545. The molecule has 1 fully saturated rings. The number of fused-ring (bicyclic) bond motifs is 1. The summed E-state index contributed by atoms with van der Waals surface area (Å²) in [5.74, 6) is 0. The summed E-state index contributed by atoms with van der Waals surface area (Å²) < 4.78 is 7.23. The second kappa shape index (κ2) is 5.40. The highest BCUT2D eigenvalue weighted by Crippen LogP contribution is 2.32. The maximum absolute atomic E-state index is 10.1. The minimum absolute atomic E-state index is 0.294. The Hall–Kier alpha value is -1.43. The highest BCUT2D eigenvalue weighted by atomic mass is 32.1. The molecule has 0 aromatic carbocycles. The van der Waals surface area contributed by atoms with Crippen LogP contribution in [0.4, 0.5) is 0 Å². The Labute approximate surface area is 123 Å². The molecule has 21 heavy (non-hydrogen) atoms. The molecular formula is C11H14N4O5S. The number of H-pyrrole nitrogens is 1. The molecule has 0 aliphatic carbocycles. The molecule has 0 amide bonds. The summed E-state index contributed by atoms with van der Waals surface area (Å²) in [7, 11) is 0. The van der Waals surface area contributed by atoms with E-state index in [4.69, 9.17) is 22.1 Å². The molecule has 3 heterocycles. The van der Waals surface area contributed by atoms with Gasteiger partial charge in [0.1, 0.15) is 35.6 Å². The Bertz CT molecular complexity index is 703. The SMILES string of the molecule is OC[C@@H](O)[C@H]1O[C@@H](n2cnc3c(=S)nc[nH]c32)[C@H](O)[C@H]1O. The van der Waals surface area contributed by atoms with Gasteiger partial charge in [-0.25, -0.2) is 9.97 Å². The van der Waals surface area contributed by atoms with Gasteiger partial charge in [0.05, 0.1) is 19.3 Å². The number of aliphatic hydroxyl groups is 4. The van der Waals surface area contributed by atoms with Gasteiger partial charge in [-0.1, -0.05) is 12.2 Å². The molecule has 0 bridgehead atoms. The first-order valence-electron chi connectivity index (χ1n) is 6.25. The van der Waals surface area contributed by atoms with E-state index >= 15 is 0 Å². The molecule has 5 atom stereocenters. The summed E-state index contributed by atoms with van der Waals surface area (Å²) in [6.45, 7) is -0.585. The van der Waals surface area contributed by atoms with Crippen LogP contribution in [0.1, 0.15) is 6.23 Å². The van der Waals surface area contributed by atoms with Crippen molar-refractivity contribution in [3.05, 3.63) is 17.3 Å². The number of nitrogens with one attached hydrogen (secondary N) is 1. The predicted molar refractivity (Wildman–Crippen MR) is 71.7 cm³/mol. The Kier molecular flexibility index (Phi) is 3.73. The lowest BCUT2D eigenvalue weighted by molar-refractivity contribution is -0.0962. The van der Waals surface area contributed by atoms with Gasteiger partial charge in [-0.2, -0.15) is 0 Å². The Morgan fingerprint density at radius 2 is 2.14 bits per heavy atom. The van der Waals surface area contributed by atoms with Gasteiger partial charge in [0.2, 0.25) is 0 Å². The molecule has 1 aliphatic heterocycles. The number of rotatable bonds is 3. The molecule has 0 radical (unpaired) electrons. The van der Waals surface area contributed by atoms with Crippen LogP contribution >= 0.6 is 12.2 Å². The van der Waals surface area contributed by atoms with Crippen molar-refractivity contribution in [2.24, 2.45) is 0 Å². The van der Waals surface area contributed by atoms with Crippen molar-refractivity contribution in [1.29, 1.82) is 0 Å². The molecule has 1 saturated heterocycles. The first kappa shape index (κ1) is 14.5.